The Labute approximate surface area is 239 Å². The predicted octanol–water partition coefficient (Wildman–Crippen LogP) is 5.85. The molecule has 2 heterocycles. The second-order valence-electron chi connectivity index (χ2n) is 8.36. The van der Waals surface area contributed by atoms with E-state index in [4.69, 9.17) is 31.2 Å². The van der Waals surface area contributed by atoms with Crippen molar-refractivity contribution in [3.05, 3.63) is 95.6 Å². The van der Waals surface area contributed by atoms with E-state index in [1.165, 1.54) is 20.4 Å². The molecule has 0 spiro atoms. The van der Waals surface area contributed by atoms with Crippen molar-refractivity contribution < 1.29 is 23.7 Å². The number of hydrogen-bond donors (Lipinski definition) is 2. The smallest absolute Gasteiger partial charge is 0.257 e. The molecule has 4 aromatic rings. The summed E-state index contributed by atoms with van der Waals surface area (Å²) in [6, 6.07) is 18.2. The minimum atomic E-state index is -0.264. The second-order valence-corrected chi connectivity index (χ2v) is 8.77. The van der Waals surface area contributed by atoms with Gasteiger partial charge in [-0.05, 0) is 62.4 Å². The van der Waals surface area contributed by atoms with Crippen molar-refractivity contribution in [3.63, 3.8) is 0 Å². The lowest BCUT2D eigenvalue weighted by Crippen LogP contribution is -2.13. The Morgan fingerprint density at radius 3 is 1.40 bits per heavy atom. The average molecular weight is 561 g/mol. The largest absolute Gasteiger partial charge is 0.494 e. The summed E-state index contributed by atoms with van der Waals surface area (Å²) < 4.78 is 21.1. The van der Waals surface area contributed by atoms with E-state index in [0.29, 0.717) is 44.9 Å². The fourth-order valence-electron chi connectivity index (χ4n) is 3.52. The molecule has 9 nitrogen and oxygen atoms in total. The number of nitrogens with one attached hydrogen (secondary N) is 2. The van der Waals surface area contributed by atoms with E-state index in [-0.39, 0.29) is 5.91 Å². The Hall–Kier alpha value is -4.70. The third kappa shape index (κ3) is 7.67. The van der Waals surface area contributed by atoms with Gasteiger partial charge < -0.3 is 29.6 Å². The monoisotopic (exact) mass is 560 g/mol. The Bertz CT molecular complexity index is 1290. The number of anilines is 2. The Balaban J connectivity index is 0.000000220. The SMILES string of the molecule is COc1cccc(OC)c1NC(=O)c1ccc(C)nc1.COc1cccc(OC)c1NC(=S)c1ccc(C)nc1. The number of amides is 1. The molecule has 0 aliphatic heterocycles. The van der Waals surface area contributed by atoms with Crippen molar-refractivity contribution >= 4 is 34.5 Å². The summed E-state index contributed by atoms with van der Waals surface area (Å²) in [4.78, 5) is 21.1. The molecular weight excluding hydrogens is 528 g/mol. The van der Waals surface area contributed by atoms with Crippen LogP contribution in [0, 0.1) is 13.8 Å². The van der Waals surface area contributed by atoms with Crippen molar-refractivity contribution in [2.45, 2.75) is 13.8 Å². The molecule has 208 valence electrons. The highest BCUT2D eigenvalue weighted by Gasteiger charge is 2.15. The zero-order valence-corrected chi connectivity index (χ0v) is 24.1. The molecule has 10 heteroatoms. The Kier molecular flexibility index (Phi) is 10.8. The summed E-state index contributed by atoms with van der Waals surface area (Å²) in [7, 11) is 6.29. The first-order chi connectivity index (χ1) is 19.3. The number of benzene rings is 2. The van der Waals surface area contributed by atoms with Crippen molar-refractivity contribution in [2.24, 2.45) is 0 Å². The number of rotatable bonds is 8. The van der Waals surface area contributed by atoms with Crippen molar-refractivity contribution in [1.29, 1.82) is 0 Å². The van der Waals surface area contributed by atoms with E-state index in [9.17, 15) is 4.79 Å². The van der Waals surface area contributed by atoms with Gasteiger partial charge in [0.15, 0.2) is 0 Å². The van der Waals surface area contributed by atoms with Crippen LogP contribution in [-0.4, -0.2) is 49.3 Å². The lowest BCUT2D eigenvalue weighted by molar-refractivity contribution is 0.102. The first-order valence-electron chi connectivity index (χ1n) is 12.2. The van der Waals surface area contributed by atoms with Crippen molar-refractivity contribution in [3.8, 4) is 23.0 Å². The molecule has 0 unspecified atom stereocenters. The van der Waals surface area contributed by atoms with E-state index in [0.717, 1.165) is 17.0 Å². The lowest BCUT2D eigenvalue weighted by Gasteiger charge is -2.15. The van der Waals surface area contributed by atoms with Crippen LogP contribution in [0.3, 0.4) is 0 Å². The first kappa shape index (κ1) is 29.9. The van der Waals surface area contributed by atoms with Crippen LogP contribution in [0.15, 0.2) is 73.1 Å². The van der Waals surface area contributed by atoms with Crippen LogP contribution < -0.4 is 29.6 Å². The van der Waals surface area contributed by atoms with E-state index < -0.39 is 0 Å². The summed E-state index contributed by atoms with van der Waals surface area (Å²) in [5.41, 5.74) is 4.34. The maximum absolute atomic E-state index is 12.2. The van der Waals surface area contributed by atoms with Crippen LogP contribution in [0.1, 0.15) is 27.3 Å². The molecule has 2 aromatic carbocycles. The summed E-state index contributed by atoms with van der Waals surface area (Å²) in [5.74, 6) is 2.16. The van der Waals surface area contributed by atoms with Crippen molar-refractivity contribution in [1.82, 2.24) is 9.97 Å². The zero-order chi connectivity index (χ0) is 29.1. The van der Waals surface area contributed by atoms with Gasteiger partial charge in [-0.15, -0.1) is 0 Å². The Morgan fingerprint density at radius 2 is 1.02 bits per heavy atom. The minimum Gasteiger partial charge on any atom is -0.494 e. The Morgan fingerprint density at radius 1 is 0.625 bits per heavy atom. The van der Waals surface area contributed by atoms with Crippen LogP contribution in [0.2, 0.25) is 0 Å². The van der Waals surface area contributed by atoms with Gasteiger partial charge >= 0.3 is 0 Å². The lowest BCUT2D eigenvalue weighted by atomic mass is 10.2. The van der Waals surface area contributed by atoms with E-state index in [2.05, 4.69) is 20.6 Å². The second kappa shape index (κ2) is 14.5. The van der Waals surface area contributed by atoms with Gasteiger partial charge in [0.25, 0.3) is 5.91 Å². The molecular formula is C30H32N4O5S. The number of methoxy groups -OCH3 is 4. The molecule has 0 aliphatic carbocycles. The summed E-state index contributed by atoms with van der Waals surface area (Å²) in [6.45, 7) is 3.80. The number of nitrogens with zero attached hydrogens (tertiary/aromatic N) is 2. The van der Waals surface area contributed by atoms with Gasteiger partial charge in [0.05, 0.1) is 34.0 Å². The van der Waals surface area contributed by atoms with E-state index in [1.54, 1.807) is 50.7 Å². The molecule has 0 saturated heterocycles. The number of thiocarbonyl (C=S) groups is 1. The van der Waals surface area contributed by atoms with E-state index >= 15 is 0 Å². The first-order valence-corrected chi connectivity index (χ1v) is 12.6. The molecule has 40 heavy (non-hydrogen) atoms. The maximum atomic E-state index is 12.2. The molecule has 1 amide bonds. The number of aromatic nitrogens is 2. The molecule has 0 radical (unpaired) electrons. The number of carbonyl (C=O) groups is 1. The molecule has 0 aliphatic rings. The fourth-order valence-corrected chi connectivity index (χ4v) is 3.75. The predicted molar refractivity (Wildman–Crippen MR) is 160 cm³/mol. The number of hydrogen-bond acceptors (Lipinski definition) is 8. The minimum absolute atomic E-state index is 0.264. The van der Waals surface area contributed by atoms with Gasteiger partial charge in [-0.1, -0.05) is 24.4 Å². The summed E-state index contributed by atoms with van der Waals surface area (Å²) in [5, 5.41) is 5.95. The quantitative estimate of drug-likeness (QED) is 0.257. The molecule has 0 saturated carbocycles. The average Bonchev–Trinajstić information content (AvgIpc) is 2.98. The molecule has 0 atom stereocenters. The van der Waals surface area contributed by atoms with Gasteiger partial charge in [-0.3, -0.25) is 14.8 Å². The fraction of sp³-hybridized carbons (Fsp3) is 0.200. The highest BCUT2D eigenvalue weighted by atomic mass is 32.1. The third-order valence-corrected chi connectivity index (χ3v) is 6.02. The maximum Gasteiger partial charge on any atom is 0.257 e. The van der Waals surface area contributed by atoms with Gasteiger partial charge in [-0.25, -0.2) is 0 Å². The normalized spacial score (nSPS) is 9.95. The van der Waals surface area contributed by atoms with Gasteiger partial charge in [-0.2, -0.15) is 0 Å². The van der Waals surface area contributed by atoms with Gasteiger partial charge in [0, 0.05) is 29.3 Å². The number of aryl methyl sites for hydroxylation is 2. The summed E-state index contributed by atoms with van der Waals surface area (Å²) in [6.07, 6.45) is 3.28. The highest BCUT2D eigenvalue weighted by Crippen LogP contribution is 2.35. The zero-order valence-electron chi connectivity index (χ0n) is 23.3. The van der Waals surface area contributed by atoms with Crippen LogP contribution >= 0.6 is 12.2 Å². The van der Waals surface area contributed by atoms with E-state index in [1.807, 2.05) is 44.2 Å². The molecule has 4 rings (SSSR count). The number of pyridine rings is 2. The van der Waals surface area contributed by atoms with Crippen molar-refractivity contribution in [2.75, 3.05) is 39.1 Å². The number of ether oxygens (including phenoxy) is 4. The topological polar surface area (TPSA) is 104 Å². The van der Waals surface area contributed by atoms with Gasteiger partial charge in [0.2, 0.25) is 0 Å². The van der Waals surface area contributed by atoms with Crippen LogP contribution in [0.25, 0.3) is 0 Å². The number of carbonyl (C=O) groups excluding carboxylic acids is 1. The highest BCUT2D eigenvalue weighted by molar-refractivity contribution is 7.81. The molecule has 0 fully saturated rings. The van der Waals surface area contributed by atoms with Crippen LogP contribution in [0.4, 0.5) is 11.4 Å². The van der Waals surface area contributed by atoms with Gasteiger partial charge in [0.1, 0.15) is 39.4 Å². The molecule has 2 aromatic heterocycles. The number of para-hydroxylation sites is 2. The molecule has 2 N–H and O–H groups in total. The summed E-state index contributed by atoms with van der Waals surface area (Å²) >= 11 is 5.40. The van der Waals surface area contributed by atoms with Crippen LogP contribution in [0.5, 0.6) is 23.0 Å². The van der Waals surface area contributed by atoms with Crippen LogP contribution in [-0.2, 0) is 0 Å². The molecule has 0 bridgehead atoms. The standard InChI is InChI=1S/C15H16N2O3.C15H16N2O2S/c1-10-7-8-11(9-16-10)15(18)17-14-12(19-2)5-4-6-13(14)20-3;1-10-7-8-11(9-16-10)15(20)17-14-12(18-2)5-4-6-13(14)19-3/h4-9H,1-3H3,(H,17,18);4-9H,1-3H3,(H,17,20). The third-order valence-electron chi connectivity index (χ3n) is 5.68.